The van der Waals surface area contributed by atoms with E-state index in [1.165, 1.54) is 67.0 Å². The summed E-state index contributed by atoms with van der Waals surface area (Å²) in [6, 6.07) is 12.0. The molecule has 2 aliphatic rings. The molecule has 0 nitrogen and oxygen atoms in total. The molecule has 0 amide bonds. The van der Waals surface area contributed by atoms with Gasteiger partial charge in [0.05, 0.1) is 0 Å². The lowest BCUT2D eigenvalue weighted by molar-refractivity contribution is 0.318. The standard InChI is InChI=1S/C15H21F.C13H17Br.3C2H6/c1-3-9-15(4-2)10-5-6-12-7-8-13(16)11-14(12)15;1-3-13(2)9-5-6-10-11(13)7-4-8-12(10)14;3*1-2/h7-8,11H,3-6,9-10H2,1-2H3;4,7-8H,3,5-6,9H2,1-2H3;3*1-2H3. The van der Waals surface area contributed by atoms with Crippen molar-refractivity contribution < 1.29 is 4.39 Å². The summed E-state index contributed by atoms with van der Waals surface area (Å²) in [5.74, 6) is -0.0745. The van der Waals surface area contributed by atoms with Crippen molar-refractivity contribution in [3.8, 4) is 0 Å². The van der Waals surface area contributed by atoms with Crippen molar-refractivity contribution in [3.63, 3.8) is 0 Å². The summed E-state index contributed by atoms with van der Waals surface area (Å²) in [5.41, 5.74) is 6.46. The minimum Gasteiger partial charge on any atom is -0.207 e. The predicted octanol–water partition coefficient (Wildman–Crippen LogP) is 12.1. The van der Waals surface area contributed by atoms with Gasteiger partial charge in [-0.15, -0.1) is 0 Å². The quantitative estimate of drug-likeness (QED) is 0.347. The minimum absolute atomic E-state index is 0.0745. The number of rotatable bonds is 4. The molecule has 2 atom stereocenters. The van der Waals surface area contributed by atoms with E-state index in [4.69, 9.17) is 0 Å². The highest BCUT2D eigenvalue weighted by Gasteiger charge is 2.34. The van der Waals surface area contributed by atoms with Gasteiger partial charge in [0.1, 0.15) is 5.82 Å². The van der Waals surface area contributed by atoms with Gasteiger partial charge >= 0.3 is 0 Å². The number of benzene rings is 2. The highest BCUT2D eigenvalue weighted by molar-refractivity contribution is 9.10. The minimum atomic E-state index is -0.0745. The van der Waals surface area contributed by atoms with Crippen LogP contribution >= 0.6 is 15.9 Å². The first-order valence-electron chi connectivity index (χ1n) is 15.0. The number of hydrogen-bond donors (Lipinski definition) is 0. The molecule has 0 fully saturated rings. The molecule has 0 aromatic heterocycles. The molecule has 0 spiro atoms. The maximum Gasteiger partial charge on any atom is 0.123 e. The van der Waals surface area contributed by atoms with Gasteiger partial charge in [0.25, 0.3) is 0 Å². The second-order valence-electron chi connectivity index (χ2n) is 9.57. The Labute approximate surface area is 233 Å². The van der Waals surface area contributed by atoms with Crippen molar-refractivity contribution in [2.75, 3.05) is 0 Å². The molecule has 0 radical (unpaired) electrons. The second-order valence-corrected chi connectivity index (χ2v) is 10.4. The van der Waals surface area contributed by atoms with Crippen molar-refractivity contribution >= 4 is 15.9 Å². The molecule has 0 saturated carbocycles. The van der Waals surface area contributed by atoms with Gasteiger partial charge in [-0.25, -0.2) is 4.39 Å². The van der Waals surface area contributed by atoms with E-state index in [0.29, 0.717) is 5.41 Å². The highest BCUT2D eigenvalue weighted by Crippen LogP contribution is 2.44. The van der Waals surface area contributed by atoms with Crippen molar-refractivity contribution in [1.29, 1.82) is 0 Å². The summed E-state index contributed by atoms with van der Waals surface area (Å²) in [5, 5.41) is 0. The van der Waals surface area contributed by atoms with Crippen LogP contribution in [0.1, 0.15) is 143 Å². The molecule has 2 aromatic rings. The Kier molecular flexibility index (Phi) is 17.6. The third-order valence-electron chi connectivity index (χ3n) is 7.85. The summed E-state index contributed by atoms with van der Waals surface area (Å²) in [6.07, 6.45) is 12.3. The van der Waals surface area contributed by atoms with Gasteiger partial charge in [-0.2, -0.15) is 0 Å². The fraction of sp³-hybridized carbons (Fsp3) is 0.647. The number of halogens is 2. The van der Waals surface area contributed by atoms with Gasteiger partial charge in [-0.3, -0.25) is 0 Å². The Bertz CT molecular complexity index is 858. The van der Waals surface area contributed by atoms with Crippen LogP contribution in [0.4, 0.5) is 4.39 Å². The fourth-order valence-corrected chi connectivity index (χ4v) is 6.39. The lowest BCUT2D eigenvalue weighted by Gasteiger charge is -2.38. The Balaban J connectivity index is 0.000000567. The van der Waals surface area contributed by atoms with Crippen LogP contribution < -0.4 is 0 Å². The van der Waals surface area contributed by atoms with Crippen LogP contribution in [0.15, 0.2) is 40.9 Å². The lowest BCUT2D eigenvalue weighted by atomic mass is 9.66. The summed E-state index contributed by atoms with van der Waals surface area (Å²) in [4.78, 5) is 0. The molecule has 4 rings (SSSR count). The van der Waals surface area contributed by atoms with E-state index >= 15 is 0 Å². The number of fused-ring (bicyclic) bond motifs is 2. The van der Waals surface area contributed by atoms with Crippen LogP contribution in [0.25, 0.3) is 0 Å². The molecule has 2 unspecified atom stereocenters. The average molecular weight is 564 g/mol. The highest BCUT2D eigenvalue weighted by atomic mass is 79.9. The number of aryl methyl sites for hydroxylation is 1. The van der Waals surface area contributed by atoms with Crippen LogP contribution in [0, 0.1) is 5.82 Å². The molecule has 0 N–H and O–H groups in total. The van der Waals surface area contributed by atoms with Crippen molar-refractivity contribution in [1.82, 2.24) is 0 Å². The molecule has 2 aromatic carbocycles. The Morgan fingerprint density at radius 1 is 0.806 bits per heavy atom. The fourth-order valence-electron chi connectivity index (χ4n) is 5.83. The first-order valence-corrected chi connectivity index (χ1v) is 15.7. The summed E-state index contributed by atoms with van der Waals surface area (Å²) >= 11 is 3.66. The Morgan fingerprint density at radius 2 is 1.44 bits per heavy atom. The molecule has 2 aliphatic carbocycles. The molecule has 206 valence electrons. The molecule has 2 heteroatoms. The van der Waals surface area contributed by atoms with Crippen LogP contribution in [-0.2, 0) is 23.7 Å². The summed E-state index contributed by atoms with van der Waals surface area (Å²) in [6.45, 7) is 21.2. The SMILES string of the molecule is CC.CC.CC.CCC1(C)CCCc2c(Br)cccc21.CCCC1(CC)CCCc2ccc(F)cc21. The molecular formula is C34H56BrF. The van der Waals surface area contributed by atoms with E-state index in [-0.39, 0.29) is 11.2 Å². The summed E-state index contributed by atoms with van der Waals surface area (Å²) < 4.78 is 14.7. The van der Waals surface area contributed by atoms with E-state index in [9.17, 15) is 4.39 Å². The third kappa shape index (κ3) is 8.71. The van der Waals surface area contributed by atoms with E-state index < -0.39 is 0 Å². The monoisotopic (exact) mass is 562 g/mol. The van der Waals surface area contributed by atoms with E-state index in [0.717, 1.165) is 12.8 Å². The smallest absolute Gasteiger partial charge is 0.123 e. The predicted molar refractivity (Wildman–Crippen MR) is 165 cm³/mol. The van der Waals surface area contributed by atoms with E-state index in [1.807, 2.05) is 47.6 Å². The third-order valence-corrected chi connectivity index (χ3v) is 8.60. The van der Waals surface area contributed by atoms with E-state index in [2.05, 4.69) is 61.8 Å². The van der Waals surface area contributed by atoms with Crippen LogP contribution in [0.5, 0.6) is 0 Å². The molecule has 36 heavy (non-hydrogen) atoms. The van der Waals surface area contributed by atoms with Gasteiger partial charge in [-0.1, -0.05) is 110 Å². The average Bonchev–Trinajstić information content (AvgIpc) is 2.94. The maximum absolute atomic E-state index is 13.4. The van der Waals surface area contributed by atoms with Gasteiger partial charge in [-0.05, 0) is 109 Å². The Morgan fingerprint density at radius 3 is 2.03 bits per heavy atom. The van der Waals surface area contributed by atoms with Crippen molar-refractivity contribution in [2.24, 2.45) is 0 Å². The van der Waals surface area contributed by atoms with Crippen molar-refractivity contribution in [3.05, 3.63) is 68.9 Å². The first kappa shape index (κ1) is 34.9. The second kappa shape index (κ2) is 18.2. The van der Waals surface area contributed by atoms with Crippen molar-refractivity contribution in [2.45, 2.75) is 144 Å². The van der Waals surface area contributed by atoms with Gasteiger partial charge in [0, 0.05) is 4.47 Å². The first-order chi connectivity index (χ1) is 17.4. The Hall–Kier alpha value is -1.15. The molecule has 0 heterocycles. The zero-order chi connectivity index (χ0) is 27.8. The van der Waals surface area contributed by atoms with Crippen LogP contribution in [0.3, 0.4) is 0 Å². The normalized spacial score (nSPS) is 21.3. The van der Waals surface area contributed by atoms with Gasteiger partial charge in [0.15, 0.2) is 0 Å². The largest absolute Gasteiger partial charge is 0.207 e. The van der Waals surface area contributed by atoms with Crippen LogP contribution in [0.2, 0.25) is 0 Å². The topological polar surface area (TPSA) is 0 Å². The van der Waals surface area contributed by atoms with E-state index in [1.54, 1.807) is 23.3 Å². The van der Waals surface area contributed by atoms with Crippen LogP contribution in [-0.4, -0.2) is 0 Å². The molecule has 0 aliphatic heterocycles. The van der Waals surface area contributed by atoms with Gasteiger partial charge in [0.2, 0.25) is 0 Å². The molecule has 0 saturated heterocycles. The molecular weight excluding hydrogens is 507 g/mol. The zero-order valence-electron chi connectivity index (χ0n) is 25.3. The van der Waals surface area contributed by atoms with Gasteiger partial charge < -0.3 is 0 Å². The maximum atomic E-state index is 13.4. The zero-order valence-corrected chi connectivity index (χ0v) is 26.9. The summed E-state index contributed by atoms with van der Waals surface area (Å²) in [7, 11) is 0. The lowest BCUT2D eigenvalue weighted by Crippen LogP contribution is -2.30. The number of hydrogen-bond acceptors (Lipinski definition) is 0. The molecule has 0 bridgehead atoms.